The van der Waals surface area contributed by atoms with E-state index in [-0.39, 0.29) is 12.1 Å². The van der Waals surface area contributed by atoms with Gasteiger partial charge in [0, 0.05) is 30.3 Å². The quantitative estimate of drug-likeness (QED) is 0.501. The minimum Gasteiger partial charge on any atom is -0.351 e. The first-order valence-electron chi connectivity index (χ1n) is 11.4. The molecule has 0 spiro atoms. The Morgan fingerprint density at radius 3 is 2.48 bits per heavy atom. The summed E-state index contributed by atoms with van der Waals surface area (Å²) in [5.41, 5.74) is 5.94. The maximum atomic E-state index is 5.88. The summed E-state index contributed by atoms with van der Waals surface area (Å²) < 4.78 is 2.44. The Kier molecular flexibility index (Phi) is 5.53. The fourth-order valence-corrected chi connectivity index (χ4v) is 5.62. The normalized spacial score (nSPS) is 22.0. The number of pyridine rings is 1. The molecule has 31 heavy (non-hydrogen) atoms. The van der Waals surface area contributed by atoms with Crippen LogP contribution in [0.4, 0.5) is 5.69 Å². The topological polar surface area (TPSA) is 33.1 Å². The molecular formula is C26H30N4S. The van der Waals surface area contributed by atoms with E-state index >= 15 is 0 Å². The van der Waals surface area contributed by atoms with Gasteiger partial charge in [-0.2, -0.15) is 0 Å². The number of aryl methyl sites for hydroxylation is 2. The molecular weight excluding hydrogens is 400 g/mol. The van der Waals surface area contributed by atoms with Crippen molar-refractivity contribution in [3.8, 4) is 0 Å². The number of aromatic nitrogens is 2. The van der Waals surface area contributed by atoms with Gasteiger partial charge in [0.2, 0.25) is 0 Å². The molecule has 2 aliphatic rings. The van der Waals surface area contributed by atoms with E-state index in [1.54, 1.807) is 0 Å². The van der Waals surface area contributed by atoms with Crippen LogP contribution >= 0.6 is 12.2 Å². The standard InChI is InChI=1S/C26H30N4S/c1-18-14-19(2)16-22(15-18)30-25(24(28-26(30)31)23-10-6-7-12-27-23)20-11-13-29(17-20)21-8-4-3-5-9-21/h6-7,10-17,21,24-25H,3-5,8-9H2,1-2H3,(H,28,31)/t24-,25+/m1/s1. The Balaban J connectivity index is 1.57. The SMILES string of the molecule is Cc1cc(C)cc(N2C(=S)N[C@H](c3ccccn3)[C@@H]2c2ccn(C3CCCCC3)c2)c1. The lowest BCUT2D eigenvalue weighted by molar-refractivity contribution is 0.353. The molecule has 0 radical (unpaired) electrons. The average molecular weight is 431 g/mol. The van der Waals surface area contributed by atoms with Gasteiger partial charge in [-0.15, -0.1) is 0 Å². The van der Waals surface area contributed by atoms with Crippen LogP contribution in [-0.4, -0.2) is 14.7 Å². The summed E-state index contributed by atoms with van der Waals surface area (Å²) in [5.74, 6) is 0. The summed E-state index contributed by atoms with van der Waals surface area (Å²) in [5, 5.41) is 4.34. The summed E-state index contributed by atoms with van der Waals surface area (Å²) in [6.45, 7) is 4.29. The average Bonchev–Trinajstić information content (AvgIpc) is 3.39. The van der Waals surface area contributed by atoms with Gasteiger partial charge in [-0.25, -0.2) is 0 Å². The fourth-order valence-electron chi connectivity index (χ4n) is 5.27. The third-order valence-electron chi connectivity index (χ3n) is 6.66. The van der Waals surface area contributed by atoms with E-state index in [0.717, 1.165) is 16.5 Å². The highest BCUT2D eigenvalue weighted by Gasteiger charge is 2.41. The van der Waals surface area contributed by atoms with E-state index in [1.807, 2.05) is 12.3 Å². The van der Waals surface area contributed by atoms with Crippen LogP contribution in [-0.2, 0) is 0 Å². The molecule has 5 rings (SSSR count). The number of anilines is 1. The van der Waals surface area contributed by atoms with Crippen LogP contribution in [0.5, 0.6) is 0 Å². The van der Waals surface area contributed by atoms with Crippen molar-refractivity contribution in [2.45, 2.75) is 64.1 Å². The molecule has 2 aromatic heterocycles. The van der Waals surface area contributed by atoms with Crippen LogP contribution in [0.25, 0.3) is 0 Å². The zero-order chi connectivity index (χ0) is 21.4. The van der Waals surface area contributed by atoms with Gasteiger partial charge in [0.25, 0.3) is 0 Å². The smallest absolute Gasteiger partial charge is 0.174 e. The van der Waals surface area contributed by atoms with Crippen molar-refractivity contribution in [3.63, 3.8) is 0 Å². The van der Waals surface area contributed by atoms with Gasteiger partial charge in [-0.3, -0.25) is 4.98 Å². The second kappa shape index (κ2) is 8.46. The number of rotatable bonds is 4. The minimum absolute atomic E-state index is 0.0109. The summed E-state index contributed by atoms with van der Waals surface area (Å²) in [7, 11) is 0. The molecule has 4 nitrogen and oxygen atoms in total. The number of nitrogens with zero attached hydrogens (tertiary/aromatic N) is 3. The van der Waals surface area contributed by atoms with Crippen LogP contribution < -0.4 is 10.2 Å². The van der Waals surface area contributed by atoms with Crippen molar-refractivity contribution in [1.82, 2.24) is 14.9 Å². The first-order valence-corrected chi connectivity index (χ1v) is 11.8. The number of benzene rings is 1. The van der Waals surface area contributed by atoms with Crippen molar-refractivity contribution in [1.29, 1.82) is 0 Å². The van der Waals surface area contributed by atoms with Gasteiger partial charge in [0.1, 0.15) is 0 Å². The molecule has 0 unspecified atom stereocenters. The molecule has 3 aromatic rings. The molecule has 1 saturated heterocycles. The van der Waals surface area contributed by atoms with Gasteiger partial charge >= 0.3 is 0 Å². The highest BCUT2D eigenvalue weighted by molar-refractivity contribution is 7.80. The van der Waals surface area contributed by atoms with Crippen molar-refractivity contribution >= 4 is 23.0 Å². The molecule has 1 N–H and O–H groups in total. The van der Waals surface area contributed by atoms with Crippen LogP contribution in [0, 0.1) is 13.8 Å². The van der Waals surface area contributed by atoms with E-state index in [4.69, 9.17) is 12.2 Å². The van der Waals surface area contributed by atoms with E-state index in [1.165, 1.54) is 48.8 Å². The molecule has 1 saturated carbocycles. The second-order valence-corrected chi connectivity index (χ2v) is 9.41. The van der Waals surface area contributed by atoms with Crippen molar-refractivity contribution in [2.75, 3.05) is 4.90 Å². The summed E-state index contributed by atoms with van der Waals surface area (Å²) in [6.07, 6.45) is 13.1. The molecule has 0 amide bonds. The molecule has 1 aliphatic carbocycles. The largest absolute Gasteiger partial charge is 0.351 e. The van der Waals surface area contributed by atoms with E-state index in [2.05, 4.69) is 82.4 Å². The molecule has 0 bridgehead atoms. The molecule has 2 fully saturated rings. The highest BCUT2D eigenvalue weighted by atomic mass is 32.1. The lowest BCUT2D eigenvalue weighted by atomic mass is 9.95. The monoisotopic (exact) mass is 430 g/mol. The number of thiocarbonyl (C=S) groups is 1. The number of hydrogen-bond acceptors (Lipinski definition) is 2. The van der Waals surface area contributed by atoms with Gasteiger partial charge in [-0.05, 0) is 85.9 Å². The molecule has 3 heterocycles. The Hall–Kier alpha value is -2.66. The Morgan fingerprint density at radius 1 is 1.00 bits per heavy atom. The van der Waals surface area contributed by atoms with Crippen LogP contribution in [0.3, 0.4) is 0 Å². The molecule has 160 valence electrons. The highest BCUT2D eigenvalue weighted by Crippen LogP contribution is 2.42. The predicted octanol–water partition coefficient (Wildman–Crippen LogP) is 6.18. The lowest BCUT2D eigenvalue weighted by Crippen LogP contribution is -2.29. The molecule has 1 aromatic carbocycles. The van der Waals surface area contributed by atoms with E-state index in [0.29, 0.717) is 6.04 Å². The maximum absolute atomic E-state index is 5.88. The minimum atomic E-state index is 0.0109. The third-order valence-corrected chi connectivity index (χ3v) is 6.97. The summed E-state index contributed by atoms with van der Waals surface area (Å²) >= 11 is 5.88. The zero-order valence-electron chi connectivity index (χ0n) is 18.3. The zero-order valence-corrected chi connectivity index (χ0v) is 19.1. The molecule has 5 heteroatoms. The lowest BCUT2D eigenvalue weighted by Gasteiger charge is -2.28. The molecule has 1 aliphatic heterocycles. The first-order chi connectivity index (χ1) is 15.1. The van der Waals surface area contributed by atoms with Gasteiger partial charge in [0.15, 0.2) is 5.11 Å². The Labute approximate surface area is 190 Å². The summed E-state index contributed by atoms with van der Waals surface area (Å²) in [6, 6.07) is 15.7. The van der Waals surface area contributed by atoms with E-state index in [9.17, 15) is 0 Å². The fraction of sp³-hybridized carbons (Fsp3) is 0.385. The van der Waals surface area contributed by atoms with Gasteiger partial charge < -0.3 is 14.8 Å². The predicted molar refractivity (Wildman–Crippen MR) is 130 cm³/mol. The second-order valence-electron chi connectivity index (χ2n) is 9.03. The Morgan fingerprint density at radius 2 is 1.77 bits per heavy atom. The van der Waals surface area contributed by atoms with Crippen molar-refractivity contribution in [3.05, 3.63) is 83.4 Å². The number of hydrogen-bond donors (Lipinski definition) is 1. The van der Waals surface area contributed by atoms with Crippen molar-refractivity contribution < 1.29 is 0 Å². The van der Waals surface area contributed by atoms with Crippen molar-refractivity contribution in [2.24, 2.45) is 0 Å². The third kappa shape index (κ3) is 3.99. The van der Waals surface area contributed by atoms with Crippen LogP contribution in [0.15, 0.2) is 61.1 Å². The first kappa shape index (κ1) is 20.3. The summed E-state index contributed by atoms with van der Waals surface area (Å²) in [4.78, 5) is 6.96. The van der Waals surface area contributed by atoms with Crippen LogP contribution in [0.2, 0.25) is 0 Å². The van der Waals surface area contributed by atoms with Gasteiger partial charge in [0.05, 0.1) is 17.8 Å². The molecule has 2 atom stereocenters. The van der Waals surface area contributed by atoms with Crippen LogP contribution in [0.1, 0.15) is 72.6 Å². The number of nitrogens with one attached hydrogen (secondary N) is 1. The van der Waals surface area contributed by atoms with E-state index < -0.39 is 0 Å². The van der Waals surface area contributed by atoms with Gasteiger partial charge in [-0.1, -0.05) is 31.4 Å². The Bertz CT molecular complexity index is 1050. The maximum Gasteiger partial charge on any atom is 0.174 e.